The van der Waals surface area contributed by atoms with E-state index in [0.717, 1.165) is 0 Å². The second kappa shape index (κ2) is 10.6. The molecule has 0 bridgehead atoms. The Morgan fingerprint density at radius 1 is 0.871 bits per heavy atom. The molecule has 0 aliphatic carbocycles. The number of ether oxygens (including phenoxy) is 1. The van der Waals surface area contributed by atoms with Crippen molar-refractivity contribution in [1.82, 2.24) is 0 Å². The average Bonchev–Trinajstić information content (AvgIpc) is 2.75. The van der Waals surface area contributed by atoms with Gasteiger partial charge in [0.1, 0.15) is 5.75 Å². The summed E-state index contributed by atoms with van der Waals surface area (Å²) in [4.78, 5) is 25.1. The topological polar surface area (TPSA) is 67.4 Å². The molecular weight excluding hydrogens is 422 g/mol. The van der Waals surface area contributed by atoms with E-state index < -0.39 is 11.7 Å². The van der Waals surface area contributed by atoms with E-state index in [2.05, 4.69) is 10.6 Å². The van der Waals surface area contributed by atoms with Crippen LogP contribution in [0.4, 0.5) is 20.2 Å². The largest absolute Gasteiger partial charge is 0.494 e. The number of anilines is 2. The predicted molar refractivity (Wildman–Crippen MR) is 118 cm³/mol. The number of hydrogen-bond donors (Lipinski definition) is 2. The van der Waals surface area contributed by atoms with Crippen LogP contribution in [0.25, 0.3) is 0 Å². The summed E-state index contributed by atoms with van der Waals surface area (Å²) in [7, 11) is 0. The summed E-state index contributed by atoms with van der Waals surface area (Å²) in [5, 5.41) is 5.45. The monoisotopic (exact) mass is 442 g/mol. The van der Waals surface area contributed by atoms with Gasteiger partial charge in [0.25, 0.3) is 17.6 Å². The van der Waals surface area contributed by atoms with Gasteiger partial charge in [0.05, 0.1) is 12.2 Å². The number of benzene rings is 3. The van der Waals surface area contributed by atoms with E-state index in [1.165, 1.54) is 12.1 Å². The number of alkyl halides is 2. The van der Waals surface area contributed by atoms with Crippen LogP contribution in [-0.2, 0) is 0 Å². The Morgan fingerprint density at radius 3 is 2.06 bits per heavy atom. The molecule has 0 saturated carbocycles. The number of halogens is 2. The number of carbonyl (C=O) groups is 2. The molecule has 8 heteroatoms. The minimum Gasteiger partial charge on any atom is -0.494 e. The third kappa shape index (κ3) is 6.29. The van der Waals surface area contributed by atoms with Gasteiger partial charge in [0.15, 0.2) is 0 Å². The van der Waals surface area contributed by atoms with E-state index >= 15 is 0 Å². The first kappa shape index (κ1) is 22.3. The fourth-order valence-electron chi connectivity index (χ4n) is 2.76. The Balaban J connectivity index is 1.63. The summed E-state index contributed by atoms with van der Waals surface area (Å²) in [6, 6.07) is 19.5. The van der Waals surface area contributed by atoms with Crippen LogP contribution in [0.1, 0.15) is 27.6 Å². The number of amides is 2. The number of nitrogens with one attached hydrogen (secondary N) is 2. The highest BCUT2D eigenvalue weighted by Gasteiger charge is 2.15. The molecule has 0 saturated heterocycles. The van der Waals surface area contributed by atoms with Crippen LogP contribution in [0.2, 0.25) is 0 Å². The molecule has 0 spiro atoms. The molecule has 0 radical (unpaired) electrons. The average molecular weight is 442 g/mol. The first-order valence-corrected chi connectivity index (χ1v) is 10.3. The number of hydrogen-bond acceptors (Lipinski definition) is 4. The van der Waals surface area contributed by atoms with Crippen molar-refractivity contribution < 1.29 is 23.1 Å². The normalized spacial score (nSPS) is 10.6. The fraction of sp³-hybridized carbons (Fsp3) is 0.130. The van der Waals surface area contributed by atoms with Gasteiger partial charge in [0, 0.05) is 21.8 Å². The van der Waals surface area contributed by atoms with Crippen LogP contribution in [0.5, 0.6) is 5.75 Å². The van der Waals surface area contributed by atoms with Crippen molar-refractivity contribution in [2.24, 2.45) is 0 Å². The van der Waals surface area contributed by atoms with Gasteiger partial charge in [0.2, 0.25) is 0 Å². The molecule has 0 heterocycles. The van der Waals surface area contributed by atoms with Gasteiger partial charge < -0.3 is 15.4 Å². The molecule has 2 N–H and O–H groups in total. The van der Waals surface area contributed by atoms with Crippen molar-refractivity contribution in [3.63, 3.8) is 0 Å². The number of thioether (sulfide) groups is 1. The van der Waals surface area contributed by atoms with E-state index in [9.17, 15) is 18.4 Å². The summed E-state index contributed by atoms with van der Waals surface area (Å²) in [6.07, 6.45) is 0. The van der Waals surface area contributed by atoms with Crippen LogP contribution in [0.15, 0.2) is 77.7 Å². The number of rotatable bonds is 8. The molecule has 3 aromatic rings. The summed E-state index contributed by atoms with van der Waals surface area (Å²) in [6.45, 7) is 2.45. The molecule has 3 aromatic carbocycles. The van der Waals surface area contributed by atoms with Gasteiger partial charge in [-0.2, -0.15) is 8.78 Å². The Labute approximate surface area is 182 Å². The first-order chi connectivity index (χ1) is 15.0. The van der Waals surface area contributed by atoms with Gasteiger partial charge in [-0.3, -0.25) is 9.59 Å². The van der Waals surface area contributed by atoms with Gasteiger partial charge in [-0.15, -0.1) is 0 Å². The zero-order valence-electron chi connectivity index (χ0n) is 16.6. The lowest BCUT2D eigenvalue weighted by Gasteiger charge is -2.10. The Hall–Kier alpha value is -3.39. The first-order valence-electron chi connectivity index (χ1n) is 9.45. The smallest absolute Gasteiger partial charge is 0.288 e. The lowest BCUT2D eigenvalue weighted by atomic mass is 10.1. The molecule has 0 aliphatic heterocycles. The molecule has 160 valence electrons. The molecule has 2 amide bonds. The molecular formula is C23H20F2N2O3S. The SMILES string of the molecule is CCOc1ccc(NC(=O)c2ccc(NC(=O)c3ccccc3SC(F)F)cc2)cc1. The third-order valence-corrected chi connectivity index (χ3v) is 4.96. The Morgan fingerprint density at radius 2 is 1.45 bits per heavy atom. The van der Waals surface area contributed by atoms with Crippen molar-refractivity contribution >= 4 is 35.0 Å². The van der Waals surface area contributed by atoms with Crippen molar-refractivity contribution in [2.75, 3.05) is 17.2 Å². The molecule has 0 aromatic heterocycles. The summed E-state index contributed by atoms with van der Waals surface area (Å²) in [5.41, 5.74) is 1.63. The minimum absolute atomic E-state index is 0.158. The van der Waals surface area contributed by atoms with Crippen molar-refractivity contribution in [3.8, 4) is 5.75 Å². The van der Waals surface area contributed by atoms with E-state index in [-0.39, 0.29) is 16.4 Å². The molecule has 0 aliphatic rings. The lowest BCUT2D eigenvalue weighted by molar-refractivity contribution is 0.101. The van der Waals surface area contributed by atoms with Gasteiger partial charge >= 0.3 is 0 Å². The third-order valence-electron chi connectivity index (χ3n) is 4.18. The molecule has 3 rings (SSSR count). The molecule has 5 nitrogen and oxygen atoms in total. The van der Waals surface area contributed by atoms with Gasteiger partial charge in [-0.05, 0) is 67.6 Å². The maximum Gasteiger partial charge on any atom is 0.288 e. The molecule has 31 heavy (non-hydrogen) atoms. The second-order valence-electron chi connectivity index (χ2n) is 6.32. The predicted octanol–water partition coefficient (Wildman–Crippen LogP) is 5.90. The van der Waals surface area contributed by atoms with Crippen molar-refractivity contribution in [2.45, 2.75) is 17.6 Å². The Kier molecular flexibility index (Phi) is 7.61. The van der Waals surface area contributed by atoms with Crippen LogP contribution < -0.4 is 15.4 Å². The van der Waals surface area contributed by atoms with E-state index in [0.29, 0.717) is 41.1 Å². The van der Waals surface area contributed by atoms with Crippen LogP contribution in [0, 0.1) is 0 Å². The summed E-state index contributed by atoms with van der Waals surface area (Å²) in [5.74, 6) is -2.72. The summed E-state index contributed by atoms with van der Waals surface area (Å²) < 4.78 is 30.8. The van der Waals surface area contributed by atoms with Gasteiger partial charge in [-0.1, -0.05) is 23.9 Å². The van der Waals surface area contributed by atoms with Crippen LogP contribution in [0.3, 0.4) is 0 Å². The molecule has 0 fully saturated rings. The quantitative estimate of drug-likeness (QED) is 0.426. The highest BCUT2D eigenvalue weighted by molar-refractivity contribution is 7.99. The number of carbonyl (C=O) groups excluding carboxylic acids is 2. The minimum atomic E-state index is -2.62. The second-order valence-corrected chi connectivity index (χ2v) is 7.35. The maximum atomic E-state index is 12.7. The Bertz CT molecular complexity index is 1040. The highest BCUT2D eigenvalue weighted by Crippen LogP contribution is 2.29. The van der Waals surface area contributed by atoms with Crippen LogP contribution >= 0.6 is 11.8 Å². The lowest BCUT2D eigenvalue weighted by Crippen LogP contribution is -2.14. The van der Waals surface area contributed by atoms with Crippen molar-refractivity contribution in [3.05, 3.63) is 83.9 Å². The zero-order valence-corrected chi connectivity index (χ0v) is 17.4. The highest BCUT2D eigenvalue weighted by atomic mass is 32.2. The zero-order chi connectivity index (χ0) is 22.2. The van der Waals surface area contributed by atoms with E-state index in [1.807, 2.05) is 6.92 Å². The summed E-state index contributed by atoms with van der Waals surface area (Å²) >= 11 is 0.320. The van der Waals surface area contributed by atoms with Gasteiger partial charge in [-0.25, -0.2) is 0 Å². The molecule has 0 atom stereocenters. The fourth-order valence-corrected chi connectivity index (χ4v) is 3.40. The van der Waals surface area contributed by atoms with E-state index in [4.69, 9.17) is 4.74 Å². The molecule has 0 unspecified atom stereocenters. The standard InChI is InChI=1S/C23H20F2N2O3S/c1-2-30-18-13-11-17(12-14-18)26-21(28)15-7-9-16(10-8-15)27-22(29)19-5-3-4-6-20(19)31-23(24)25/h3-14,23H,2H2,1H3,(H,26,28)(H,27,29). The van der Waals surface area contributed by atoms with Crippen molar-refractivity contribution in [1.29, 1.82) is 0 Å². The van der Waals surface area contributed by atoms with Crippen LogP contribution in [-0.4, -0.2) is 24.2 Å². The van der Waals surface area contributed by atoms with E-state index in [1.54, 1.807) is 60.7 Å². The maximum absolute atomic E-state index is 12.7.